The Kier molecular flexibility index (Phi) is 3.81. The third-order valence-electron chi connectivity index (χ3n) is 2.97. The van der Waals surface area contributed by atoms with Crippen LogP contribution in [0.5, 0.6) is 0 Å². The van der Waals surface area contributed by atoms with E-state index < -0.39 is 0 Å². The van der Waals surface area contributed by atoms with Crippen LogP contribution in [0.4, 0.5) is 5.82 Å². The molecule has 0 amide bonds. The third kappa shape index (κ3) is 3.09. The molecule has 3 heteroatoms. The highest BCUT2D eigenvalue weighted by Gasteiger charge is 2.03. The van der Waals surface area contributed by atoms with Gasteiger partial charge in [-0.15, -0.1) is 0 Å². The van der Waals surface area contributed by atoms with Crippen LogP contribution >= 0.6 is 0 Å². The SMILES string of the molecule is CC[C@@H](C)n1ccc(NCc2ccccc2)n1. The molecule has 1 heterocycles. The number of aromatic nitrogens is 2. The van der Waals surface area contributed by atoms with Crippen molar-refractivity contribution in [3.63, 3.8) is 0 Å². The molecule has 1 atom stereocenters. The highest BCUT2D eigenvalue weighted by molar-refractivity contribution is 5.33. The van der Waals surface area contributed by atoms with Crippen LogP contribution in [0, 0.1) is 0 Å². The molecule has 0 saturated carbocycles. The van der Waals surface area contributed by atoms with Crippen LogP contribution in [-0.4, -0.2) is 9.78 Å². The van der Waals surface area contributed by atoms with Gasteiger partial charge in [0.2, 0.25) is 0 Å². The first-order valence-corrected chi connectivity index (χ1v) is 6.12. The molecule has 2 aromatic rings. The van der Waals surface area contributed by atoms with Gasteiger partial charge in [-0.2, -0.15) is 5.10 Å². The molecule has 17 heavy (non-hydrogen) atoms. The van der Waals surface area contributed by atoms with E-state index in [0.29, 0.717) is 6.04 Å². The molecule has 1 N–H and O–H groups in total. The van der Waals surface area contributed by atoms with Gasteiger partial charge in [0.05, 0.1) is 0 Å². The van der Waals surface area contributed by atoms with Gasteiger partial charge in [0.1, 0.15) is 5.82 Å². The van der Waals surface area contributed by atoms with Crippen molar-refractivity contribution in [1.82, 2.24) is 9.78 Å². The van der Waals surface area contributed by atoms with Gasteiger partial charge in [0.25, 0.3) is 0 Å². The molecule has 0 saturated heterocycles. The van der Waals surface area contributed by atoms with Crippen LogP contribution in [-0.2, 0) is 6.54 Å². The number of nitrogens with one attached hydrogen (secondary N) is 1. The Labute approximate surface area is 102 Å². The number of rotatable bonds is 5. The number of hydrogen-bond donors (Lipinski definition) is 1. The first-order chi connectivity index (χ1) is 8.29. The minimum Gasteiger partial charge on any atom is -0.365 e. The van der Waals surface area contributed by atoms with Crippen molar-refractivity contribution < 1.29 is 0 Å². The fourth-order valence-corrected chi connectivity index (χ4v) is 1.65. The maximum atomic E-state index is 4.50. The molecule has 3 nitrogen and oxygen atoms in total. The van der Waals surface area contributed by atoms with Crippen LogP contribution < -0.4 is 5.32 Å². The summed E-state index contributed by atoms with van der Waals surface area (Å²) in [7, 11) is 0. The summed E-state index contributed by atoms with van der Waals surface area (Å²) >= 11 is 0. The first-order valence-electron chi connectivity index (χ1n) is 6.12. The quantitative estimate of drug-likeness (QED) is 0.850. The molecule has 0 radical (unpaired) electrons. The van der Waals surface area contributed by atoms with Crippen molar-refractivity contribution >= 4 is 5.82 Å². The molecule has 0 spiro atoms. The van der Waals surface area contributed by atoms with Crippen LogP contribution in [0.25, 0.3) is 0 Å². The van der Waals surface area contributed by atoms with Gasteiger partial charge in [-0.3, -0.25) is 4.68 Å². The lowest BCUT2D eigenvalue weighted by Gasteiger charge is -2.08. The van der Waals surface area contributed by atoms with E-state index >= 15 is 0 Å². The Bertz CT molecular complexity index is 448. The second-order valence-electron chi connectivity index (χ2n) is 4.28. The second kappa shape index (κ2) is 5.53. The Morgan fingerprint density at radius 3 is 2.71 bits per heavy atom. The summed E-state index contributed by atoms with van der Waals surface area (Å²) in [6, 6.07) is 12.8. The molecule has 0 fully saturated rings. The average Bonchev–Trinajstić information content (AvgIpc) is 2.85. The summed E-state index contributed by atoms with van der Waals surface area (Å²) in [6.07, 6.45) is 3.13. The van der Waals surface area contributed by atoms with Crippen LogP contribution in [0.3, 0.4) is 0 Å². The maximum Gasteiger partial charge on any atom is 0.148 e. The minimum atomic E-state index is 0.460. The van der Waals surface area contributed by atoms with Gasteiger partial charge in [0.15, 0.2) is 0 Å². The zero-order valence-corrected chi connectivity index (χ0v) is 10.4. The fraction of sp³-hybridized carbons (Fsp3) is 0.357. The molecular weight excluding hydrogens is 210 g/mol. The minimum absolute atomic E-state index is 0.460. The normalized spacial score (nSPS) is 12.4. The fourth-order valence-electron chi connectivity index (χ4n) is 1.65. The number of nitrogens with zero attached hydrogens (tertiary/aromatic N) is 2. The molecule has 1 aromatic carbocycles. The zero-order chi connectivity index (χ0) is 12.1. The predicted octanol–water partition coefficient (Wildman–Crippen LogP) is 3.47. The lowest BCUT2D eigenvalue weighted by atomic mass is 10.2. The Balaban J connectivity index is 1.94. The molecule has 2 rings (SSSR count). The lowest BCUT2D eigenvalue weighted by molar-refractivity contribution is 0.479. The summed E-state index contributed by atoms with van der Waals surface area (Å²) in [5.74, 6) is 0.939. The van der Waals surface area contributed by atoms with Crippen molar-refractivity contribution in [3.05, 3.63) is 48.2 Å². The predicted molar refractivity (Wildman–Crippen MR) is 71.0 cm³/mol. The van der Waals surface area contributed by atoms with Crippen molar-refractivity contribution in [2.75, 3.05) is 5.32 Å². The molecular formula is C14H19N3. The number of anilines is 1. The van der Waals surface area contributed by atoms with Gasteiger partial charge in [-0.1, -0.05) is 37.3 Å². The highest BCUT2D eigenvalue weighted by Crippen LogP contribution is 2.12. The van der Waals surface area contributed by atoms with E-state index in [1.54, 1.807) is 0 Å². The molecule has 1 aromatic heterocycles. The second-order valence-corrected chi connectivity index (χ2v) is 4.28. The van der Waals surface area contributed by atoms with E-state index in [4.69, 9.17) is 0 Å². The van der Waals surface area contributed by atoms with E-state index in [1.807, 2.05) is 23.0 Å². The van der Waals surface area contributed by atoms with Crippen molar-refractivity contribution in [1.29, 1.82) is 0 Å². The summed E-state index contributed by atoms with van der Waals surface area (Å²) < 4.78 is 2.01. The van der Waals surface area contributed by atoms with E-state index in [1.165, 1.54) is 5.56 Å². The molecule has 0 aliphatic carbocycles. The largest absolute Gasteiger partial charge is 0.365 e. The van der Waals surface area contributed by atoms with E-state index in [9.17, 15) is 0 Å². The summed E-state index contributed by atoms with van der Waals surface area (Å²) in [5.41, 5.74) is 1.27. The monoisotopic (exact) mass is 229 g/mol. The van der Waals surface area contributed by atoms with E-state index in [-0.39, 0.29) is 0 Å². The summed E-state index contributed by atoms with van der Waals surface area (Å²) in [5, 5.41) is 7.83. The van der Waals surface area contributed by atoms with E-state index in [0.717, 1.165) is 18.8 Å². The smallest absolute Gasteiger partial charge is 0.148 e. The first kappa shape index (κ1) is 11.7. The topological polar surface area (TPSA) is 29.9 Å². The van der Waals surface area contributed by atoms with Crippen molar-refractivity contribution in [3.8, 4) is 0 Å². The highest BCUT2D eigenvalue weighted by atomic mass is 15.3. The van der Waals surface area contributed by atoms with Gasteiger partial charge in [-0.25, -0.2) is 0 Å². The Morgan fingerprint density at radius 2 is 2.00 bits per heavy atom. The van der Waals surface area contributed by atoms with Crippen LogP contribution in [0.1, 0.15) is 31.9 Å². The summed E-state index contributed by atoms with van der Waals surface area (Å²) in [4.78, 5) is 0. The maximum absolute atomic E-state index is 4.50. The molecule has 0 unspecified atom stereocenters. The van der Waals surface area contributed by atoms with Gasteiger partial charge < -0.3 is 5.32 Å². The molecule has 0 aliphatic heterocycles. The Morgan fingerprint density at radius 1 is 1.24 bits per heavy atom. The lowest BCUT2D eigenvalue weighted by Crippen LogP contribution is -2.06. The molecule has 0 aliphatic rings. The zero-order valence-electron chi connectivity index (χ0n) is 10.4. The van der Waals surface area contributed by atoms with Gasteiger partial charge in [-0.05, 0) is 18.9 Å². The average molecular weight is 229 g/mol. The standard InChI is InChI=1S/C14H19N3/c1-3-12(2)17-10-9-14(16-17)15-11-13-7-5-4-6-8-13/h4-10,12H,3,11H2,1-2H3,(H,15,16)/t12-/m1/s1. The molecule has 0 bridgehead atoms. The van der Waals surface area contributed by atoms with E-state index in [2.05, 4.69) is 48.5 Å². The number of hydrogen-bond acceptors (Lipinski definition) is 2. The van der Waals surface area contributed by atoms with Crippen LogP contribution in [0.15, 0.2) is 42.6 Å². The van der Waals surface area contributed by atoms with Crippen molar-refractivity contribution in [2.45, 2.75) is 32.9 Å². The number of benzene rings is 1. The van der Waals surface area contributed by atoms with Gasteiger partial charge >= 0.3 is 0 Å². The third-order valence-corrected chi connectivity index (χ3v) is 2.97. The summed E-state index contributed by atoms with van der Waals surface area (Å²) in [6.45, 7) is 5.16. The van der Waals surface area contributed by atoms with Gasteiger partial charge in [0, 0.05) is 24.8 Å². The Hall–Kier alpha value is -1.77. The van der Waals surface area contributed by atoms with Crippen molar-refractivity contribution in [2.24, 2.45) is 0 Å². The van der Waals surface area contributed by atoms with Crippen LogP contribution in [0.2, 0.25) is 0 Å². The molecule has 90 valence electrons.